The largest absolute Gasteiger partial charge is 0.385 e. The quantitative estimate of drug-likeness (QED) is 0.697. The summed E-state index contributed by atoms with van der Waals surface area (Å²) in [4.78, 5) is 4.67. The summed E-state index contributed by atoms with van der Waals surface area (Å²) in [5.41, 5.74) is 3.44. The van der Waals surface area contributed by atoms with Gasteiger partial charge in [-0.2, -0.15) is 0 Å². The second-order valence-electron chi connectivity index (χ2n) is 6.00. The van der Waals surface area contributed by atoms with Crippen molar-refractivity contribution in [1.82, 2.24) is 9.55 Å². The van der Waals surface area contributed by atoms with Gasteiger partial charge < -0.3 is 9.67 Å². The van der Waals surface area contributed by atoms with Gasteiger partial charge in [0.2, 0.25) is 0 Å². The molecule has 2 aromatic carbocycles. The normalized spacial score (nSPS) is 12.6. The third kappa shape index (κ3) is 3.62. The molecule has 1 heterocycles. The molecule has 0 saturated heterocycles. The molecule has 1 aromatic heterocycles. The van der Waals surface area contributed by atoms with E-state index in [1.165, 1.54) is 5.56 Å². The second-order valence-corrected chi connectivity index (χ2v) is 6.00. The maximum absolute atomic E-state index is 10.4. The summed E-state index contributed by atoms with van der Waals surface area (Å²) in [5.74, 6) is 0.807. The van der Waals surface area contributed by atoms with Crippen LogP contribution >= 0.6 is 0 Å². The molecule has 3 heteroatoms. The average Bonchev–Trinajstić information content (AvgIpc) is 2.95. The Labute approximate surface area is 137 Å². The number of rotatable bonds is 7. The van der Waals surface area contributed by atoms with E-state index in [9.17, 15) is 5.11 Å². The first kappa shape index (κ1) is 15.8. The van der Waals surface area contributed by atoms with Crippen molar-refractivity contribution in [2.45, 2.75) is 45.3 Å². The third-order valence-corrected chi connectivity index (χ3v) is 4.23. The summed E-state index contributed by atoms with van der Waals surface area (Å²) in [6, 6.07) is 18.7. The number of para-hydroxylation sites is 2. The molecular weight excluding hydrogens is 284 g/mol. The highest BCUT2D eigenvalue weighted by Gasteiger charge is 2.17. The van der Waals surface area contributed by atoms with Crippen molar-refractivity contribution in [1.29, 1.82) is 0 Å². The molecule has 0 bridgehead atoms. The first-order valence-electron chi connectivity index (χ1n) is 8.46. The van der Waals surface area contributed by atoms with Gasteiger partial charge in [-0.05, 0) is 37.0 Å². The third-order valence-electron chi connectivity index (χ3n) is 4.23. The lowest BCUT2D eigenvalue weighted by Gasteiger charge is -2.13. The number of benzene rings is 2. The number of nitrogens with zero attached hydrogens (tertiary/aromatic N) is 2. The van der Waals surface area contributed by atoms with Crippen LogP contribution in [0.3, 0.4) is 0 Å². The van der Waals surface area contributed by atoms with Crippen LogP contribution < -0.4 is 0 Å². The number of aliphatic hydroxyl groups is 1. The monoisotopic (exact) mass is 308 g/mol. The summed E-state index contributed by atoms with van der Waals surface area (Å²) in [7, 11) is 0. The lowest BCUT2D eigenvalue weighted by Crippen LogP contribution is -2.10. The minimum atomic E-state index is -0.482. The molecule has 1 N–H and O–H groups in total. The zero-order valence-electron chi connectivity index (χ0n) is 13.7. The molecule has 0 spiro atoms. The number of aliphatic hydroxyl groups excluding tert-OH is 1. The Bertz CT molecular complexity index is 749. The van der Waals surface area contributed by atoms with Crippen molar-refractivity contribution in [3.63, 3.8) is 0 Å². The van der Waals surface area contributed by atoms with Crippen molar-refractivity contribution >= 4 is 11.0 Å². The van der Waals surface area contributed by atoms with Crippen LogP contribution in [0.5, 0.6) is 0 Å². The fourth-order valence-corrected chi connectivity index (χ4v) is 3.07. The zero-order valence-corrected chi connectivity index (χ0v) is 13.7. The molecule has 0 fully saturated rings. The summed E-state index contributed by atoms with van der Waals surface area (Å²) < 4.78 is 2.19. The first-order chi connectivity index (χ1) is 11.3. The van der Waals surface area contributed by atoms with Gasteiger partial charge in [-0.3, -0.25) is 0 Å². The topological polar surface area (TPSA) is 38.1 Å². The van der Waals surface area contributed by atoms with Crippen molar-refractivity contribution in [3.8, 4) is 0 Å². The highest BCUT2D eigenvalue weighted by molar-refractivity contribution is 5.76. The average molecular weight is 308 g/mol. The van der Waals surface area contributed by atoms with Crippen LogP contribution in [0.4, 0.5) is 0 Å². The number of imidazole rings is 1. The lowest BCUT2D eigenvalue weighted by molar-refractivity contribution is 0.152. The summed E-state index contributed by atoms with van der Waals surface area (Å²) in [6.45, 7) is 2.97. The molecule has 0 aliphatic carbocycles. The standard InChI is InChI=1S/C20H24N2O/c1-2-9-19(23)20-21-17-13-6-7-14-18(17)22(20)15-8-12-16-10-4-3-5-11-16/h3-7,10-11,13-14,19,23H,2,8-9,12,15H2,1H3. The van der Waals surface area contributed by atoms with Gasteiger partial charge in [0, 0.05) is 6.54 Å². The molecule has 23 heavy (non-hydrogen) atoms. The van der Waals surface area contributed by atoms with E-state index in [1.807, 2.05) is 24.3 Å². The Balaban J connectivity index is 1.81. The second kappa shape index (κ2) is 7.42. The first-order valence-corrected chi connectivity index (χ1v) is 8.46. The zero-order chi connectivity index (χ0) is 16.1. The molecule has 120 valence electrons. The number of fused-ring (bicyclic) bond motifs is 1. The van der Waals surface area contributed by atoms with Gasteiger partial charge in [-0.1, -0.05) is 55.8 Å². The van der Waals surface area contributed by atoms with Crippen LogP contribution in [0.2, 0.25) is 0 Å². The molecule has 3 rings (SSSR count). The maximum Gasteiger partial charge on any atom is 0.138 e. The molecule has 3 aromatic rings. The van der Waals surface area contributed by atoms with E-state index in [4.69, 9.17) is 0 Å². The molecule has 0 aliphatic heterocycles. The summed E-state index contributed by atoms with van der Waals surface area (Å²) in [5, 5.41) is 10.4. The van der Waals surface area contributed by atoms with Crippen molar-refractivity contribution in [3.05, 3.63) is 66.0 Å². The Morgan fingerprint density at radius 1 is 1.04 bits per heavy atom. The molecule has 0 radical (unpaired) electrons. The van der Waals surface area contributed by atoms with Gasteiger partial charge in [0.25, 0.3) is 0 Å². The van der Waals surface area contributed by atoms with E-state index in [0.717, 1.165) is 49.1 Å². The van der Waals surface area contributed by atoms with E-state index in [1.54, 1.807) is 0 Å². The van der Waals surface area contributed by atoms with Gasteiger partial charge in [-0.25, -0.2) is 4.98 Å². The van der Waals surface area contributed by atoms with Gasteiger partial charge >= 0.3 is 0 Å². The highest BCUT2D eigenvalue weighted by atomic mass is 16.3. The Morgan fingerprint density at radius 2 is 1.78 bits per heavy atom. The summed E-state index contributed by atoms with van der Waals surface area (Å²) in [6.07, 6.45) is 3.30. The van der Waals surface area contributed by atoms with Crippen molar-refractivity contribution in [2.75, 3.05) is 0 Å². The van der Waals surface area contributed by atoms with Crippen LogP contribution in [0.1, 0.15) is 43.7 Å². The van der Waals surface area contributed by atoms with Gasteiger partial charge in [0.15, 0.2) is 0 Å². The Kier molecular flexibility index (Phi) is 5.09. The van der Waals surface area contributed by atoms with Gasteiger partial charge in [0.1, 0.15) is 11.9 Å². The number of aromatic nitrogens is 2. The van der Waals surface area contributed by atoms with E-state index in [2.05, 4.69) is 46.8 Å². The van der Waals surface area contributed by atoms with Crippen LogP contribution in [-0.2, 0) is 13.0 Å². The van der Waals surface area contributed by atoms with Crippen LogP contribution in [0, 0.1) is 0 Å². The molecule has 3 nitrogen and oxygen atoms in total. The van der Waals surface area contributed by atoms with E-state index in [-0.39, 0.29) is 0 Å². The molecule has 0 amide bonds. The maximum atomic E-state index is 10.4. The number of hydrogen-bond acceptors (Lipinski definition) is 2. The van der Waals surface area contributed by atoms with Crippen molar-refractivity contribution in [2.24, 2.45) is 0 Å². The fourth-order valence-electron chi connectivity index (χ4n) is 3.07. The lowest BCUT2D eigenvalue weighted by atomic mass is 10.1. The van der Waals surface area contributed by atoms with Gasteiger partial charge in [-0.15, -0.1) is 0 Å². The summed E-state index contributed by atoms with van der Waals surface area (Å²) >= 11 is 0. The SMILES string of the molecule is CCCC(O)c1nc2ccccc2n1CCCc1ccccc1. The molecule has 1 unspecified atom stereocenters. The fraction of sp³-hybridized carbons (Fsp3) is 0.350. The number of aryl methyl sites for hydroxylation is 2. The van der Waals surface area contributed by atoms with Crippen LogP contribution in [0.25, 0.3) is 11.0 Å². The van der Waals surface area contributed by atoms with Crippen LogP contribution in [0.15, 0.2) is 54.6 Å². The molecule has 0 saturated carbocycles. The smallest absolute Gasteiger partial charge is 0.138 e. The van der Waals surface area contributed by atoms with Crippen LogP contribution in [-0.4, -0.2) is 14.7 Å². The van der Waals surface area contributed by atoms with E-state index < -0.39 is 6.10 Å². The van der Waals surface area contributed by atoms with Crippen molar-refractivity contribution < 1.29 is 5.11 Å². The molecule has 1 atom stereocenters. The molecule has 0 aliphatic rings. The number of hydrogen-bond donors (Lipinski definition) is 1. The highest BCUT2D eigenvalue weighted by Crippen LogP contribution is 2.24. The van der Waals surface area contributed by atoms with Gasteiger partial charge in [0.05, 0.1) is 11.0 Å². The van der Waals surface area contributed by atoms with E-state index >= 15 is 0 Å². The predicted molar refractivity (Wildman–Crippen MR) is 94.4 cm³/mol. The minimum absolute atomic E-state index is 0.482. The van der Waals surface area contributed by atoms with E-state index in [0.29, 0.717) is 0 Å². The molecular formula is C20H24N2O. The minimum Gasteiger partial charge on any atom is -0.385 e. The predicted octanol–water partition coefficient (Wildman–Crippen LogP) is 4.50. The Hall–Kier alpha value is -2.13. The Morgan fingerprint density at radius 3 is 2.57 bits per heavy atom.